The van der Waals surface area contributed by atoms with E-state index in [4.69, 9.17) is 4.74 Å². The highest BCUT2D eigenvalue weighted by Crippen LogP contribution is 2.35. The second-order valence-electron chi connectivity index (χ2n) is 6.46. The van der Waals surface area contributed by atoms with E-state index in [0.29, 0.717) is 11.8 Å². The first-order valence-corrected chi connectivity index (χ1v) is 7.48. The molecule has 0 aliphatic heterocycles. The molecule has 0 fully saturated rings. The van der Waals surface area contributed by atoms with Gasteiger partial charge in [-0.15, -0.1) is 5.92 Å². The Balaban J connectivity index is 3.14. The zero-order valence-electron chi connectivity index (χ0n) is 14.0. The Morgan fingerprint density at radius 3 is 2.35 bits per heavy atom. The number of methoxy groups -OCH3 is 1. The van der Waals surface area contributed by atoms with Gasteiger partial charge < -0.3 is 4.74 Å². The van der Waals surface area contributed by atoms with E-state index in [1.54, 1.807) is 7.11 Å². The van der Waals surface area contributed by atoms with Crippen molar-refractivity contribution >= 4 is 0 Å². The van der Waals surface area contributed by atoms with Crippen molar-refractivity contribution in [3.63, 3.8) is 0 Å². The van der Waals surface area contributed by atoms with Crippen LogP contribution in [0.5, 0.6) is 5.75 Å². The van der Waals surface area contributed by atoms with Gasteiger partial charge in [-0.2, -0.15) is 0 Å². The van der Waals surface area contributed by atoms with Gasteiger partial charge in [-0.05, 0) is 28.5 Å². The third-order valence-corrected chi connectivity index (χ3v) is 3.81. The Morgan fingerprint density at radius 2 is 1.85 bits per heavy atom. The predicted octanol–water partition coefficient (Wildman–Crippen LogP) is 5.15. The molecule has 0 amide bonds. The number of benzene rings is 1. The minimum Gasteiger partial charge on any atom is -0.496 e. The molecule has 0 bridgehead atoms. The molecule has 1 heteroatoms. The fraction of sp³-hybridized carbons (Fsp3) is 0.579. The highest BCUT2D eigenvalue weighted by atomic mass is 16.5. The van der Waals surface area contributed by atoms with E-state index in [-0.39, 0.29) is 5.41 Å². The van der Waals surface area contributed by atoms with Crippen LogP contribution in [0.3, 0.4) is 0 Å². The Bertz CT molecular complexity index is 497. The third-order valence-electron chi connectivity index (χ3n) is 3.81. The van der Waals surface area contributed by atoms with Crippen LogP contribution in [0.2, 0.25) is 0 Å². The van der Waals surface area contributed by atoms with E-state index in [1.807, 2.05) is 0 Å². The van der Waals surface area contributed by atoms with Crippen molar-refractivity contribution in [1.29, 1.82) is 0 Å². The maximum absolute atomic E-state index is 5.50. The van der Waals surface area contributed by atoms with E-state index < -0.39 is 0 Å². The Hall–Kier alpha value is -1.42. The highest BCUT2D eigenvalue weighted by Gasteiger charge is 2.21. The van der Waals surface area contributed by atoms with Gasteiger partial charge in [-0.25, -0.2) is 0 Å². The molecular formula is C19H28O. The highest BCUT2D eigenvalue weighted by molar-refractivity contribution is 5.43. The van der Waals surface area contributed by atoms with Crippen molar-refractivity contribution in [2.24, 2.45) is 5.92 Å². The second-order valence-corrected chi connectivity index (χ2v) is 6.46. The molecule has 0 N–H and O–H groups in total. The van der Waals surface area contributed by atoms with Gasteiger partial charge in [0.1, 0.15) is 5.75 Å². The normalized spacial score (nSPS) is 14.2. The summed E-state index contributed by atoms with van der Waals surface area (Å²) in [6.45, 7) is 13.2. The van der Waals surface area contributed by atoms with E-state index in [2.05, 4.69) is 71.6 Å². The van der Waals surface area contributed by atoms with Gasteiger partial charge in [-0.3, -0.25) is 0 Å². The second kappa shape index (κ2) is 6.84. The summed E-state index contributed by atoms with van der Waals surface area (Å²) in [5.74, 6) is 8.30. The molecule has 0 saturated heterocycles. The van der Waals surface area contributed by atoms with Gasteiger partial charge >= 0.3 is 0 Å². The lowest BCUT2D eigenvalue weighted by Gasteiger charge is -2.25. The van der Waals surface area contributed by atoms with Crippen molar-refractivity contribution in [3.8, 4) is 17.6 Å². The van der Waals surface area contributed by atoms with Crippen LogP contribution in [0.25, 0.3) is 0 Å². The summed E-state index contributed by atoms with van der Waals surface area (Å²) in [7, 11) is 1.74. The van der Waals surface area contributed by atoms with Crippen LogP contribution in [0.4, 0.5) is 0 Å². The van der Waals surface area contributed by atoms with E-state index in [0.717, 1.165) is 12.2 Å². The summed E-state index contributed by atoms with van der Waals surface area (Å²) in [5, 5.41) is 0. The molecule has 0 aliphatic carbocycles. The first-order valence-electron chi connectivity index (χ1n) is 7.48. The molecule has 2 atom stereocenters. The average molecular weight is 272 g/mol. The molecule has 110 valence electrons. The lowest BCUT2D eigenvalue weighted by Crippen LogP contribution is -2.14. The molecule has 0 radical (unpaired) electrons. The summed E-state index contributed by atoms with van der Waals surface area (Å²) < 4.78 is 5.50. The Kier molecular flexibility index (Phi) is 5.69. The van der Waals surface area contributed by atoms with Crippen LogP contribution in [-0.4, -0.2) is 7.11 Å². The smallest absolute Gasteiger partial charge is 0.122 e. The van der Waals surface area contributed by atoms with Crippen molar-refractivity contribution in [2.75, 3.05) is 7.11 Å². The topological polar surface area (TPSA) is 9.23 Å². The maximum atomic E-state index is 5.50. The molecule has 1 nitrogen and oxygen atoms in total. The molecule has 2 unspecified atom stereocenters. The van der Waals surface area contributed by atoms with E-state index in [1.165, 1.54) is 11.1 Å². The molecule has 0 aliphatic rings. The predicted molar refractivity (Wildman–Crippen MR) is 87.3 cm³/mol. The number of hydrogen-bond acceptors (Lipinski definition) is 1. The quantitative estimate of drug-likeness (QED) is 0.692. The van der Waals surface area contributed by atoms with Gasteiger partial charge in [0.15, 0.2) is 0 Å². The summed E-state index contributed by atoms with van der Waals surface area (Å²) >= 11 is 0. The first kappa shape index (κ1) is 16.6. The average Bonchev–Trinajstić information content (AvgIpc) is 2.42. The summed E-state index contributed by atoms with van der Waals surface area (Å²) in [5.41, 5.74) is 2.69. The van der Waals surface area contributed by atoms with Crippen LogP contribution in [0, 0.1) is 17.8 Å². The van der Waals surface area contributed by atoms with Crippen molar-refractivity contribution in [3.05, 3.63) is 29.3 Å². The molecule has 1 aromatic carbocycles. The minimum absolute atomic E-state index is 0.0827. The Labute approximate surface area is 124 Å². The fourth-order valence-corrected chi connectivity index (χ4v) is 2.27. The van der Waals surface area contributed by atoms with Crippen LogP contribution in [0.15, 0.2) is 18.2 Å². The molecule has 1 aromatic rings. The van der Waals surface area contributed by atoms with E-state index >= 15 is 0 Å². The summed E-state index contributed by atoms with van der Waals surface area (Å²) in [6.07, 6.45) is 0.924. The largest absolute Gasteiger partial charge is 0.496 e. The van der Waals surface area contributed by atoms with Gasteiger partial charge in [-0.1, -0.05) is 59.6 Å². The van der Waals surface area contributed by atoms with Crippen LogP contribution in [-0.2, 0) is 5.41 Å². The molecule has 0 heterocycles. The van der Waals surface area contributed by atoms with E-state index in [9.17, 15) is 0 Å². The molecular weight excluding hydrogens is 244 g/mol. The monoisotopic (exact) mass is 272 g/mol. The molecule has 1 rings (SSSR count). The summed E-state index contributed by atoms with van der Waals surface area (Å²) in [6, 6.07) is 6.54. The minimum atomic E-state index is 0.0827. The molecule has 20 heavy (non-hydrogen) atoms. The van der Waals surface area contributed by atoms with Gasteiger partial charge in [0, 0.05) is 12.3 Å². The van der Waals surface area contributed by atoms with Crippen molar-refractivity contribution in [2.45, 2.75) is 59.3 Å². The number of hydrogen-bond donors (Lipinski definition) is 0. The van der Waals surface area contributed by atoms with Crippen molar-refractivity contribution in [1.82, 2.24) is 0 Å². The summed E-state index contributed by atoms with van der Waals surface area (Å²) in [4.78, 5) is 0. The zero-order chi connectivity index (χ0) is 15.3. The van der Waals surface area contributed by atoms with Gasteiger partial charge in [0.25, 0.3) is 0 Å². The Morgan fingerprint density at radius 1 is 1.20 bits per heavy atom. The maximum Gasteiger partial charge on any atom is 0.122 e. The van der Waals surface area contributed by atoms with Gasteiger partial charge in [0.05, 0.1) is 7.11 Å². The lowest BCUT2D eigenvalue weighted by molar-refractivity contribution is 0.397. The fourth-order valence-electron chi connectivity index (χ4n) is 2.27. The van der Waals surface area contributed by atoms with Crippen LogP contribution >= 0.6 is 0 Å². The molecule has 0 aromatic heterocycles. The van der Waals surface area contributed by atoms with Crippen LogP contribution in [0.1, 0.15) is 65.0 Å². The van der Waals surface area contributed by atoms with Crippen molar-refractivity contribution < 1.29 is 4.74 Å². The first-order chi connectivity index (χ1) is 9.31. The van der Waals surface area contributed by atoms with Crippen LogP contribution < -0.4 is 4.74 Å². The standard InChI is InChI=1S/C19H28O/c1-8-9-10-14(2)15(3)16-11-12-18(20-7)17(13-16)19(4,5)6/h11-15H,8H2,1-7H3. The molecule has 0 saturated carbocycles. The number of rotatable bonds is 3. The SMILES string of the molecule is CCC#CC(C)C(C)c1ccc(OC)c(C(C)(C)C)c1. The lowest BCUT2D eigenvalue weighted by atomic mass is 9.82. The van der Waals surface area contributed by atoms with Gasteiger partial charge in [0.2, 0.25) is 0 Å². The number of ether oxygens (including phenoxy) is 1. The zero-order valence-corrected chi connectivity index (χ0v) is 14.0. The third kappa shape index (κ3) is 4.04. The molecule has 0 spiro atoms.